The van der Waals surface area contributed by atoms with Crippen LogP contribution in [0.15, 0.2) is 48.9 Å². The molecule has 5 N–H and O–H groups in total. The number of aromatic hydroxyl groups is 1. The number of hydrogen-bond donors (Lipinski definition) is 3. The number of phenolic OH excluding ortho intramolecular Hbond substituents is 1. The smallest absolute Gasteiger partial charge is 0.525 e. The zero-order valence-corrected chi connectivity index (χ0v) is 11.5. The van der Waals surface area contributed by atoms with E-state index in [0.29, 0.717) is 11.2 Å². The minimum atomic E-state index is -0.614. The van der Waals surface area contributed by atoms with E-state index in [1.807, 2.05) is 0 Å². The molecule has 2 aromatic carbocycles. The number of hydrogen-bond acceptors (Lipinski definition) is 6. The van der Waals surface area contributed by atoms with Gasteiger partial charge in [0.25, 0.3) is 0 Å². The molecule has 0 aromatic heterocycles. The highest BCUT2D eigenvalue weighted by Crippen LogP contribution is 2.24. The van der Waals surface area contributed by atoms with Gasteiger partial charge in [-0.1, -0.05) is 6.07 Å². The Labute approximate surface area is 127 Å². The Hall–Kier alpha value is -3.09. The maximum Gasteiger partial charge on any atom is 0.632 e. The summed E-state index contributed by atoms with van der Waals surface area (Å²) < 4.78 is 10.4. The summed E-state index contributed by atoms with van der Waals surface area (Å²) >= 11 is 0. The summed E-state index contributed by atoms with van der Waals surface area (Å²) in [4.78, 5) is 12.5. The van der Waals surface area contributed by atoms with Gasteiger partial charge in [-0.2, -0.15) is 0 Å². The minimum absolute atomic E-state index is 0.145. The number of carbonyl (C=O) groups excluding carboxylic acids is 1. The number of nitrogens with two attached hydrogens (primary N) is 2. The predicted molar refractivity (Wildman–Crippen MR) is 83.5 cm³/mol. The Morgan fingerprint density at radius 3 is 2.32 bits per heavy atom. The summed E-state index contributed by atoms with van der Waals surface area (Å²) in [5.74, 6) is -0.550. The summed E-state index contributed by atoms with van der Waals surface area (Å²) in [5, 5.41) is 10.1. The van der Waals surface area contributed by atoms with E-state index in [4.69, 9.17) is 20.8 Å². The van der Waals surface area contributed by atoms with E-state index in [1.165, 1.54) is 36.8 Å². The SMILES string of the molecule is Nc1ccc(C(=O)c2ccc(B3OC=CO3)cc2O)c(N)c1. The maximum absolute atomic E-state index is 12.5. The van der Waals surface area contributed by atoms with Crippen molar-refractivity contribution in [1.82, 2.24) is 0 Å². The van der Waals surface area contributed by atoms with Crippen molar-refractivity contribution >= 4 is 29.7 Å². The monoisotopic (exact) mass is 296 g/mol. The molecular weight excluding hydrogens is 283 g/mol. The molecule has 0 radical (unpaired) electrons. The van der Waals surface area contributed by atoms with Crippen LogP contribution < -0.4 is 16.9 Å². The number of nitrogen functional groups attached to an aromatic ring is 2. The van der Waals surface area contributed by atoms with Crippen LogP contribution in [0.1, 0.15) is 15.9 Å². The second-order valence-electron chi connectivity index (χ2n) is 4.83. The molecule has 0 amide bonds. The Kier molecular flexibility index (Phi) is 3.38. The van der Waals surface area contributed by atoms with Crippen LogP contribution in [0.5, 0.6) is 5.75 Å². The summed E-state index contributed by atoms with van der Waals surface area (Å²) in [5.41, 5.74) is 13.2. The first-order chi connectivity index (χ1) is 10.6. The molecule has 0 saturated heterocycles. The molecule has 3 rings (SSSR count). The Morgan fingerprint density at radius 1 is 1.00 bits per heavy atom. The fourth-order valence-electron chi connectivity index (χ4n) is 2.22. The Bertz CT molecular complexity index is 768. The van der Waals surface area contributed by atoms with Gasteiger partial charge in [0.05, 0.1) is 18.1 Å². The zero-order chi connectivity index (χ0) is 15.7. The summed E-state index contributed by atoms with van der Waals surface area (Å²) in [6.07, 6.45) is 2.83. The van der Waals surface area contributed by atoms with Crippen LogP contribution in [-0.2, 0) is 9.31 Å². The van der Waals surface area contributed by atoms with Crippen LogP contribution in [0, 0.1) is 0 Å². The van der Waals surface area contributed by atoms with E-state index in [0.717, 1.165) is 0 Å². The van der Waals surface area contributed by atoms with E-state index >= 15 is 0 Å². The molecule has 0 unspecified atom stereocenters. The van der Waals surface area contributed by atoms with Crippen LogP contribution in [-0.4, -0.2) is 18.0 Å². The molecule has 0 fully saturated rings. The van der Waals surface area contributed by atoms with Gasteiger partial charge in [0.1, 0.15) is 5.75 Å². The Morgan fingerprint density at radius 2 is 1.68 bits per heavy atom. The van der Waals surface area contributed by atoms with Gasteiger partial charge >= 0.3 is 7.12 Å². The molecule has 1 heterocycles. The summed E-state index contributed by atoms with van der Waals surface area (Å²) in [6, 6.07) is 9.21. The molecular formula is C15H13BN2O4. The van der Waals surface area contributed by atoms with Gasteiger partial charge in [-0.3, -0.25) is 4.79 Å². The lowest BCUT2D eigenvalue weighted by Crippen LogP contribution is -2.31. The van der Waals surface area contributed by atoms with Gasteiger partial charge < -0.3 is 25.9 Å². The number of ketones is 1. The topological polar surface area (TPSA) is 108 Å². The molecule has 110 valence electrons. The maximum atomic E-state index is 12.5. The van der Waals surface area contributed by atoms with E-state index in [2.05, 4.69) is 0 Å². The van der Waals surface area contributed by atoms with Crippen molar-refractivity contribution in [3.8, 4) is 5.75 Å². The lowest BCUT2D eigenvalue weighted by Gasteiger charge is -2.10. The van der Waals surface area contributed by atoms with E-state index in [1.54, 1.807) is 12.1 Å². The summed E-state index contributed by atoms with van der Waals surface area (Å²) in [6.45, 7) is 0. The van der Waals surface area contributed by atoms with Gasteiger partial charge in [-0.05, 0) is 30.3 Å². The normalized spacial score (nSPS) is 12.8. The third kappa shape index (κ3) is 2.44. The molecule has 0 atom stereocenters. The largest absolute Gasteiger partial charge is 0.632 e. The third-order valence-corrected chi connectivity index (χ3v) is 3.32. The minimum Gasteiger partial charge on any atom is -0.525 e. The van der Waals surface area contributed by atoms with E-state index < -0.39 is 7.12 Å². The molecule has 0 bridgehead atoms. The molecule has 1 aliphatic rings. The van der Waals surface area contributed by atoms with Crippen molar-refractivity contribution in [2.75, 3.05) is 11.5 Å². The highest BCUT2D eigenvalue weighted by atomic mass is 16.6. The van der Waals surface area contributed by atoms with Crippen molar-refractivity contribution in [1.29, 1.82) is 0 Å². The van der Waals surface area contributed by atoms with Gasteiger partial charge in [0.15, 0.2) is 5.78 Å². The van der Waals surface area contributed by atoms with Gasteiger partial charge in [0.2, 0.25) is 0 Å². The quantitative estimate of drug-likeness (QED) is 0.443. The number of rotatable bonds is 3. The van der Waals surface area contributed by atoms with Crippen LogP contribution in [0.4, 0.5) is 11.4 Å². The molecule has 2 aromatic rings. The zero-order valence-electron chi connectivity index (χ0n) is 11.5. The molecule has 22 heavy (non-hydrogen) atoms. The lowest BCUT2D eigenvalue weighted by molar-refractivity contribution is 0.103. The standard InChI is InChI=1S/C15H13BN2O4/c17-10-2-4-11(13(18)8-10)15(20)12-3-1-9(7-14(12)19)16-21-5-6-22-16/h1-8,19H,17-18H2. The van der Waals surface area contributed by atoms with Gasteiger partial charge in [-0.15, -0.1) is 0 Å². The predicted octanol–water partition coefficient (Wildman–Crippen LogP) is 1.00. The average Bonchev–Trinajstić information content (AvgIpc) is 3.00. The Balaban J connectivity index is 1.92. The fourth-order valence-corrected chi connectivity index (χ4v) is 2.22. The highest BCUT2D eigenvalue weighted by Gasteiger charge is 2.28. The first kappa shape index (κ1) is 13.9. The van der Waals surface area contributed by atoms with Crippen LogP contribution in [0.2, 0.25) is 0 Å². The number of phenols is 1. The molecule has 7 heteroatoms. The molecule has 6 nitrogen and oxygen atoms in total. The first-order valence-corrected chi connectivity index (χ1v) is 6.55. The first-order valence-electron chi connectivity index (χ1n) is 6.55. The second kappa shape index (κ2) is 5.36. The van der Waals surface area contributed by atoms with Crippen LogP contribution in [0.3, 0.4) is 0 Å². The van der Waals surface area contributed by atoms with Gasteiger partial charge in [0, 0.05) is 22.4 Å². The third-order valence-electron chi connectivity index (χ3n) is 3.32. The van der Waals surface area contributed by atoms with Crippen molar-refractivity contribution in [3.63, 3.8) is 0 Å². The summed E-state index contributed by atoms with van der Waals surface area (Å²) in [7, 11) is -0.614. The van der Waals surface area contributed by atoms with Gasteiger partial charge in [-0.25, -0.2) is 0 Å². The molecule has 1 aliphatic heterocycles. The van der Waals surface area contributed by atoms with Crippen molar-refractivity contribution in [2.24, 2.45) is 0 Å². The lowest BCUT2D eigenvalue weighted by atomic mass is 9.78. The number of benzene rings is 2. The van der Waals surface area contributed by atoms with Crippen LogP contribution >= 0.6 is 0 Å². The van der Waals surface area contributed by atoms with E-state index in [9.17, 15) is 9.90 Å². The van der Waals surface area contributed by atoms with Crippen molar-refractivity contribution in [3.05, 3.63) is 60.0 Å². The number of carbonyl (C=O) groups is 1. The fraction of sp³-hybridized carbons (Fsp3) is 0. The number of anilines is 2. The molecule has 0 spiro atoms. The van der Waals surface area contributed by atoms with Crippen molar-refractivity contribution < 1.29 is 19.2 Å². The van der Waals surface area contributed by atoms with E-state index in [-0.39, 0.29) is 28.3 Å². The average molecular weight is 296 g/mol. The molecule has 0 aliphatic carbocycles. The highest BCUT2D eigenvalue weighted by molar-refractivity contribution is 6.62. The molecule has 0 saturated carbocycles. The second-order valence-corrected chi connectivity index (χ2v) is 4.83. The van der Waals surface area contributed by atoms with Crippen LogP contribution in [0.25, 0.3) is 0 Å². The van der Waals surface area contributed by atoms with Crippen molar-refractivity contribution in [2.45, 2.75) is 0 Å².